The van der Waals surface area contributed by atoms with Gasteiger partial charge in [0.05, 0.1) is 20.9 Å². The lowest BCUT2D eigenvalue weighted by Crippen LogP contribution is -1.85. The molecule has 0 fully saturated rings. The van der Waals surface area contributed by atoms with E-state index in [1.807, 2.05) is 0 Å². The zero-order valence-electron chi connectivity index (χ0n) is 7.52. The lowest BCUT2D eigenvalue weighted by molar-refractivity contribution is 0.352. The third-order valence-corrected chi connectivity index (χ3v) is 3.00. The number of unbranched alkanes of at least 4 members (excludes halogenated alkanes) is 5. The smallest absolute Gasteiger partial charge is 0.0793 e. The van der Waals surface area contributed by atoms with E-state index >= 15 is 0 Å². The third-order valence-electron chi connectivity index (χ3n) is 1.76. The molecule has 0 aliphatic rings. The minimum Gasteiger partial charge on any atom is -0.352 e. The molecule has 1 unspecified atom stereocenters. The van der Waals surface area contributed by atoms with Gasteiger partial charge in [0.25, 0.3) is 0 Å². The first-order valence-electron chi connectivity index (χ1n) is 4.59. The molecule has 0 bridgehead atoms. The van der Waals surface area contributed by atoms with Crippen molar-refractivity contribution in [3.63, 3.8) is 0 Å². The first-order chi connectivity index (χ1) is 5.91. The molecule has 0 aromatic carbocycles. The summed E-state index contributed by atoms with van der Waals surface area (Å²) in [6.07, 6.45) is 8.54. The van der Waals surface area contributed by atoms with Crippen LogP contribution in [-0.4, -0.2) is 14.5 Å². The first-order valence-corrected chi connectivity index (χ1v) is 8.61. The van der Waals surface area contributed by atoms with Crippen molar-refractivity contribution in [2.24, 2.45) is 0 Å². The van der Waals surface area contributed by atoms with Crippen LogP contribution in [0.3, 0.4) is 0 Å². The van der Waals surface area contributed by atoms with Crippen LogP contribution in [0, 0.1) is 0 Å². The Balaban J connectivity index is 2.73. The summed E-state index contributed by atoms with van der Waals surface area (Å²) in [5.74, 6) is 0. The van der Waals surface area contributed by atoms with Crippen molar-refractivity contribution in [1.29, 1.82) is 0 Å². The fraction of sp³-hybridized carbons (Fsp3) is 1.00. The fourth-order valence-corrected chi connectivity index (χ4v) is 1.95. The van der Waals surface area contributed by atoms with Crippen molar-refractivity contribution in [2.75, 3.05) is 6.61 Å². The van der Waals surface area contributed by atoms with Crippen molar-refractivity contribution in [1.82, 2.24) is 0 Å². The fourth-order valence-electron chi connectivity index (χ4n) is 1.06. The Labute approximate surface area is 92.2 Å². The number of halogens is 1. The molecule has 2 radical (unpaired) electrons. The Morgan fingerprint density at radius 3 is 2.17 bits per heavy atom. The molecule has 0 aliphatic carbocycles. The maximum atomic E-state index is 5.39. The molecule has 0 amide bonds. The summed E-state index contributed by atoms with van der Waals surface area (Å²) < 4.78 is 5.26. The molecule has 0 aliphatic heterocycles. The molecular weight excluding hydrogens is 281 g/mol. The van der Waals surface area contributed by atoms with Crippen LogP contribution < -0.4 is 0 Å². The second-order valence-electron chi connectivity index (χ2n) is 2.84. The summed E-state index contributed by atoms with van der Waals surface area (Å²) in [7, 11) is 5.39. The molecule has 1 atom stereocenters. The van der Waals surface area contributed by atoms with E-state index in [1.165, 1.54) is 38.5 Å². The SMILES string of the molecule is [B]CCCCCCCCOPI. The van der Waals surface area contributed by atoms with Crippen molar-refractivity contribution in [3.05, 3.63) is 0 Å². The van der Waals surface area contributed by atoms with E-state index in [2.05, 4.69) is 22.0 Å². The molecule has 0 N–H and O–H groups in total. The van der Waals surface area contributed by atoms with Crippen LogP contribution in [0.4, 0.5) is 0 Å². The summed E-state index contributed by atoms with van der Waals surface area (Å²) in [4.78, 5) is 0. The van der Waals surface area contributed by atoms with Gasteiger partial charge in [-0.25, -0.2) is 0 Å². The second-order valence-corrected chi connectivity index (χ2v) is 4.60. The Morgan fingerprint density at radius 2 is 1.58 bits per heavy atom. The predicted molar refractivity (Wildman–Crippen MR) is 66.6 cm³/mol. The highest BCUT2D eigenvalue weighted by molar-refractivity contribution is 14.2. The van der Waals surface area contributed by atoms with Crippen LogP contribution in [0.15, 0.2) is 0 Å². The predicted octanol–water partition coefficient (Wildman–Crippen LogP) is 3.87. The Morgan fingerprint density at radius 1 is 1.00 bits per heavy atom. The molecule has 0 heterocycles. The van der Waals surface area contributed by atoms with Gasteiger partial charge in [0.15, 0.2) is 0 Å². The Hall–Kier alpha value is 1.18. The van der Waals surface area contributed by atoms with Crippen molar-refractivity contribution < 1.29 is 4.52 Å². The minimum absolute atomic E-state index is 0.623. The maximum Gasteiger partial charge on any atom is 0.0793 e. The minimum atomic E-state index is 0.623. The van der Waals surface area contributed by atoms with Crippen molar-refractivity contribution >= 4 is 36.3 Å². The van der Waals surface area contributed by atoms with Crippen LogP contribution in [0.2, 0.25) is 6.32 Å². The Bertz CT molecular complexity index is 75.5. The van der Waals surface area contributed by atoms with Crippen LogP contribution in [0.25, 0.3) is 0 Å². The largest absolute Gasteiger partial charge is 0.352 e. The molecule has 0 aromatic rings. The zero-order valence-corrected chi connectivity index (χ0v) is 10.7. The molecule has 70 valence electrons. The molecule has 4 heteroatoms. The normalized spacial score (nSPS) is 11.4. The highest BCUT2D eigenvalue weighted by atomic mass is 127. The van der Waals surface area contributed by atoms with Crippen LogP contribution in [0.1, 0.15) is 38.5 Å². The lowest BCUT2D eigenvalue weighted by atomic mass is 9.98. The van der Waals surface area contributed by atoms with Gasteiger partial charge in [-0.15, -0.1) is 0 Å². The molecule has 0 spiro atoms. The van der Waals surface area contributed by atoms with E-state index in [9.17, 15) is 0 Å². The van der Waals surface area contributed by atoms with E-state index in [4.69, 9.17) is 12.4 Å². The lowest BCUT2D eigenvalue weighted by Gasteiger charge is -2.00. The highest BCUT2D eigenvalue weighted by Gasteiger charge is 1.90. The average Bonchev–Trinajstić information content (AvgIpc) is 2.10. The third kappa shape index (κ3) is 11.2. The van der Waals surface area contributed by atoms with E-state index in [1.54, 1.807) is 0 Å². The first kappa shape index (κ1) is 13.2. The summed E-state index contributed by atoms with van der Waals surface area (Å²) in [5, 5.41) is 0. The van der Waals surface area contributed by atoms with Gasteiger partial charge in [-0.3, -0.25) is 0 Å². The molecule has 0 saturated heterocycles. The van der Waals surface area contributed by atoms with Gasteiger partial charge in [-0.1, -0.05) is 38.4 Å². The van der Waals surface area contributed by atoms with Gasteiger partial charge < -0.3 is 4.52 Å². The van der Waals surface area contributed by atoms with Crippen molar-refractivity contribution in [3.8, 4) is 0 Å². The van der Waals surface area contributed by atoms with E-state index in [0.29, 0.717) is 6.45 Å². The van der Waals surface area contributed by atoms with Crippen LogP contribution in [-0.2, 0) is 4.52 Å². The van der Waals surface area contributed by atoms with E-state index < -0.39 is 0 Å². The zero-order chi connectivity index (χ0) is 9.07. The topological polar surface area (TPSA) is 9.23 Å². The second kappa shape index (κ2) is 12.2. The van der Waals surface area contributed by atoms with Crippen LogP contribution >= 0.6 is 28.5 Å². The van der Waals surface area contributed by atoms with Gasteiger partial charge in [-0.05, 0) is 28.5 Å². The standard InChI is InChI=1S/C8H17BIOP/c9-7-5-3-1-2-4-6-8-11-12-10/h12H,1-8H2. The quantitative estimate of drug-likeness (QED) is 0.272. The maximum absolute atomic E-state index is 5.39. The number of hydrogen-bond donors (Lipinski definition) is 0. The highest BCUT2D eigenvalue weighted by Crippen LogP contribution is 2.22. The molecule has 0 saturated carbocycles. The van der Waals surface area contributed by atoms with E-state index in [-0.39, 0.29) is 0 Å². The summed E-state index contributed by atoms with van der Waals surface area (Å²) >= 11 is 2.26. The number of rotatable bonds is 9. The average molecular weight is 298 g/mol. The molecular formula is C8H17BIOP. The number of hydrogen-bond acceptors (Lipinski definition) is 1. The van der Waals surface area contributed by atoms with Crippen LogP contribution in [0.5, 0.6) is 0 Å². The summed E-state index contributed by atoms with van der Waals surface area (Å²) in [6, 6.07) is 0. The molecule has 0 rings (SSSR count). The summed E-state index contributed by atoms with van der Waals surface area (Å²) in [6.45, 7) is 1.57. The van der Waals surface area contributed by atoms with Crippen molar-refractivity contribution in [2.45, 2.75) is 44.8 Å². The van der Waals surface area contributed by atoms with Gasteiger partial charge >= 0.3 is 0 Å². The summed E-state index contributed by atoms with van der Waals surface area (Å²) in [5.41, 5.74) is 0. The Kier molecular flexibility index (Phi) is 13.4. The van der Waals surface area contributed by atoms with E-state index in [0.717, 1.165) is 12.9 Å². The molecule has 12 heavy (non-hydrogen) atoms. The molecule has 0 aromatic heterocycles. The van der Waals surface area contributed by atoms with Gasteiger partial charge in [0.2, 0.25) is 0 Å². The van der Waals surface area contributed by atoms with Gasteiger partial charge in [0, 0.05) is 0 Å². The van der Waals surface area contributed by atoms with Gasteiger partial charge in [-0.2, -0.15) is 0 Å². The monoisotopic (exact) mass is 298 g/mol. The van der Waals surface area contributed by atoms with Gasteiger partial charge in [0.1, 0.15) is 0 Å². The molecule has 1 nitrogen and oxygen atoms in total.